The van der Waals surface area contributed by atoms with E-state index in [1.165, 1.54) is 0 Å². The number of carbonyl (C=O) groups is 1. The van der Waals surface area contributed by atoms with Crippen molar-refractivity contribution in [1.82, 2.24) is 14.6 Å². The van der Waals surface area contributed by atoms with Gasteiger partial charge in [0.05, 0.1) is 17.7 Å². The van der Waals surface area contributed by atoms with Crippen LogP contribution in [-0.2, 0) is 25.5 Å². The molecule has 0 fully saturated rings. The molecule has 22 heavy (non-hydrogen) atoms. The molecule has 120 valence electrons. The van der Waals surface area contributed by atoms with Crippen LogP contribution in [0.2, 0.25) is 5.02 Å². The zero-order chi connectivity index (χ0) is 16.7. The van der Waals surface area contributed by atoms with Crippen LogP contribution in [0.1, 0.15) is 5.56 Å². The van der Waals surface area contributed by atoms with Gasteiger partial charge in [-0.05, 0) is 6.07 Å². The number of rotatable bonds is 3. The third-order valence-electron chi connectivity index (χ3n) is 2.57. The second-order valence-electron chi connectivity index (χ2n) is 4.09. The number of ether oxygens (including phenoxy) is 1. The standard InChI is InChI=1S/C10H7ClF3N3O4S/c1-21-7(18)4-22(19,20)9-16-15-8-6(11)2-5(3-17(8)9)10(12,13)14/h2-3H,4H2,1H3. The molecule has 0 atom stereocenters. The van der Waals surface area contributed by atoms with Gasteiger partial charge in [0.25, 0.3) is 5.16 Å². The van der Waals surface area contributed by atoms with Crippen LogP contribution in [0, 0.1) is 0 Å². The molecule has 0 saturated carbocycles. The number of fused-ring (bicyclic) bond motifs is 1. The molecule has 0 saturated heterocycles. The molecule has 2 heterocycles. The lowest BCUT2D eigenvalue weighted by Gasteiger charge is -2.08. The molecule has 0 aliphatic heterocycles. The molecule has 0 aliphatic carbocycles. The zero-order valence-electron chi connectivity index (χ0n) is 10.8. The van der Waals surface area contributed by atoms with Gasteiger partial charge in [-0.3, -0.25) is 9.20 Å². The third kappa shape index (κ3) is 2.99. The lowest BCUT2D eigenvalue weighted by atomic mass is 10.3. The summed E-state index contributed by atoms with van der Waals surface area (Å²) < 4.78 is 67.1. The van der Waals surface area contributed by atoms with Crippen LogP contribution in [0.5, 0.6) is 0 Å². The molecule has 7 nitrogen and oxygen atoms in total. The summed E-state index contributed by atoms with van der Waals surface area (Å²) in [5.41, 5.74) is -1.46. The first-order valence-corrected chi connectivity index (χ1v) is 7.50. The Morgan fingerprint density at radius 3 is 2.59 bits per heavy atom. The van der Waals surface area contributed by atoms with E-state index in [0.717, 1.165) is 7.11 Å². The van der Waals surface area contributed by atoms with Crippen LogP contribution < -0.4 is 0 Å². The predicted octanol–water partition coefficient (Wildman–Crippen LogP) is 1.35. The Kier molecular flexibility index (Phi) is 4.04. The van der Waals surface area contributed by atoms with E-state index in [4.69, 9.17) is 11.6 Å². The Balaban J connectivity index is 2.66. The van der Waals surface area contributed by atoms with Gasteiger partial charge in [-0.15, -0.1) is 10.2 Å². The molecule has 0 bridgehead atoms. The summed E-state index contributed by atoms with van der Waals surface area (Å²) in [7, 11) is -3.37. The van der Waals surface area contributed by atoms with Gasteiger partial charge in [0, 0.05) is 6.20 Å². The van der Waals surface area contributed by atoms with Crippen LogP contribution in [0.4, 0.5) is 13.2 Å². The van der Waals surface area contributed by atoms with Gasteiger partial charge < -0.3 is 4.74 Å². The number of carbonyl (C=O) groups excluding carboxylic acids is 1. The number of sulfone groups is 1. The number of aromatic nitrogens is 3. The molecule has 0 aromatic carbocycles. The highest BCUT2D eigenvalue weighted by Crippen LogP contribution is 2.32. The van der Waals surface area contributed by atoms with Crippen molar-refractivity contribution in [2.24, 2.45) is 0 Å². The summed E-state index contributed by atoms with van der Waals surface area (Å²) in [5, 5.41) is 5.47. The van der Waals surface area contributed by atoms with Gasteiger partial charge in [-0.2, -0.15) is 13.2 Å². The highest BCUT2D eigenvalue weighted by Gasteiger charge is 2.34. The van der Waals surface area contributed by atoms with Crippen molar-refractivity contribution in [3.05, 3.63) is 22.8 Å². The van der Waals surface area contributed by atoms with Crippen LogP contribution in [-0.4, -0.2) is 41.8 Å². The summed E-state index contributed by atoms with van der Waals surface area (Å²) >= 11 is 5.65. The largest absolute Gasteiger partial charge is 0.468 e. The maximum atomic E-state index is 12.8. The second kappa shape index (κ2) is 5.39. The van der Waals surface area contributed by atoms with Gasteiger partial charge >= 0.3 is 12.1 Å². The Bertz CT molecular complexity index is 847. The van der Waals surface area contributed by atoms with Crippen molar-refractivity contribution in [2.45, 2.75) is 11.3 Å². The van der Waals surface area contributed by atoms with Gasteiger partial charge in [0.2, 0.25) is 9.84 Å². The number of pyridine rings is 1. The number of alkyl halides is 3. The number of esters is 1. The minimum Gasteiger partial charge on any atom is -0.468 e. The average Bonchev–Trinajstić information content (AvgIpc) is 2.82. The number of hydrogen-bond acceptors (Lipinski definition) is 6. The summed E-state index contributed by atoms with van der Waals surface area (Å²) in [5.74, 6) is -2.17. The quantitative estimate of drug-likeness (QED) is 0.770. The number of methoxy groups -OCH3 is 1. The summed E-state index contributed by atoms with van der Waals surface area (Å²) in [6.45, 7) is 0. The van der Waals surface area contributed by atoms with Crippen LogP contribution in [0.3, 0.4) is 0 Å². The van der Waals surface area contributed by atoms with E-state index in [2.05, 4.69) is 14.9 Å². The van der Waals surface area contributed by atoms with E-state index in [0.29, 0.717) is 16.7 Å². The number of halogens is 4. The number of nitrogens with zero attached hydrogens (tertiary/aromatic N) is 3. The van der Waals surface area contributed by atoms with Crippen molar-refractivity contribution >= 4 is 33.1 Å². The molecule has 12 heteroatoms. The molecular weight excluding hydrogens is 351 g/mol. The molecule has 2 aromatic rings. The summed E-state index contributed by atoms with van der Waals surface area (Å²) in [6.07, 6.45) is -4.25. The van der Waals surface area contributed by atoms with Crippen LogP contribution in [0.15, 0.2) is 17.4 Å². The highest BCUT2D eigenvalue weighted by atomic mass is 35.5. The highest BCUT2D eigenvalue weighted by molar-refractivity contribution is 7.91. The van der Waals surface area contributed by atoms with Gasteiger partial charge in [0.15, 0.2) is 11.4 Å². The smallest absolute Gasteiger partial charge is 0.417 e. The lowest BCUT2D eigenvalue weighted by molar-refractivity contribution is -0.138. The van der Waals surface area contributed by atoms with E-state index in [1.807, 2.05) is 0 Å². The van der Waals surface area contributed by atoms with E-state index in [1.54, 1.807) is 0 Å². The predicted molar refractivity (Wildman–Crippen MR) is 67.1 cm³/mol. The van der Waals surface area contributed by atoms with Crippen molar-refractivity contribution in [3.8, 4) is 0 Å². The van der Waals surface area contributed by atoms with Gasteiger partial charge in [-0.25, -0.2) is 8.42 Å². The molecule has 2 rings (SSSR count). The van der Waals surface area contributed by atoms with E-state index in [-0.39, 0.29) is 5.65 Å². The molecular formula is C10H7ClF3N3O4S. The maximum Gasteiger partial charge on any atom is 0.417 e. The van der Waals surface area contributed by atoms with E-state index < -0.39 is 43.5 Å². The monoisotopic (exact) mass is 357 g/mol. The maximum absolute atomic E-state index is 12.8. The lowest BCUT2D eigenvalue weighted by Crippen LogP contribution is -2.20. The molecule has 0 unspecified atom stereocenters. The zero-order valence-corrected chi connectivity index (χ0v) is 12.3. The summed E-state index contributed by atoms with van der Waals surface area (Å²) in [6, 6.07) is 0.599. The fourth-order valence-electron chi connectivity index (χ4n) is 1.58. The first kappa shape index (κ1) is 16.5. The van der Waals surface area contributed by atoms with E-state index >= 15 is 0 Å². The minimum atomic E-state index is -4.74. The summed E-state index contributed by atoms with van der Waals surface area (Å²) in [4.78, 5) is 11.1. The second-order valence-corrected chi connectivity index (χ2v) is 6.38. The first-order valence-electron chi connectivity index (χ1n) is 5.47. The van der Waals surface area contributed by atoms with Crippen LogP contribution >= 0.6 is 11.6 Å². The SMILES string of the molecule is COC(=O)CS(=O)(=O)c1nnc2c(Cl)cc(C(F)(F)F)cn12. The Hall–Kier alpha value is -1.88. The van der Waals surface area contributed by atoms with E-state index in [9.17, 15) is 26.4 Å². The molecule has 0 aliphatic rings. The Morgan fingerprint density at radius 1 is 1.41 bits per heavy atom. The van der Waals surface area contributed by atoms with Crippen molar-refractivity contribution in [1.29, 1.82) is 0 Å². The van der Waals surface area contributed by atoms with Crippen molar-refractivity contribution < 1.29 is 31.1 Å². The molecule has 0 amide bonds. The minimum absolute atomic E-state index is 0.280. The topological polar surface area (TPSA) is 90.6 Å². The van der Waals surface area contributed by atoms with Gasteiger partial charge in [0.1, 0.15) is 0 Å². The fourth-order valence-corrected chi connectivity index (χ4v) is 2.99. The first-order chi connectivity index (χ1) is 10.1. The molecule has 0 N–H and O–H groups in total. The third-order valence-corrected chi connectivity index (χ3v) is 4.30. The van der Waals surface area contributed by atoms with Crippen molar-refractivity contribution in [3.63, 3.8) is 0 Å². The van der Waals surface area contributed by atoms with Gasteiger partial charge in [-0.1, -0.05) is 11.6 Å². The molecule has 2 aromatic heterocycles. The average molecular weight is 358 g/mol. The molecule has 0 radical (unpaired) electrons. The Labute approximate surface area is 126 Å². The normalized spacial score (nSPS) is 12.6. The van der Waals surface area contributed by atoms with Crippen molar-refractivity contribution in [2.75, 3.05) is 12.9 Å². The van der Waals surface area contributed by atoms with Crippen LogP contribution in [0.25, 0.3) is 5.65 Å². The fraction of sp³-hybridized carbons (Fsp3) is 0.300. The Morgan fingerprint density at radius 2 is 2.05 bits per heavy atom. The molecule has 0 spiro atoms. The number of hydrogen-bond donors (Lipinski definition) is 0.